The third kappa shape index (κ3) is 3.76. The third-order valence-electron chi connectivity index (χ3n) is 3.73. The largest absolute Gasteiger partial charge is 0.497 e. The van der Waals surface area contributed by atoms with Gasteiger partial charge in [-0.25, -0.2) is 0 Å². The molecule has 0 heterocycles. The van der Waals surface area contributed by atoms with Crippen LogP contribution in [0.5, 0.6) is 5.75 Å². The molecule has 2 rings (SSSR count). The van der Waals surface area contributed by atoms with Crippen LogP contribution in [-0.2, 0) is 0 Å². The van der Waals surface area contributed by atoms with Crippen LogP contribution in [0.1, 0.15) is 25.5 Å². The molecule has 0 spiro atoms. The minimum Gasteiger partial charge on any atom is -0.497 e. The number of methoxy groups -OCH3 is 1. The third-order valence-corrected chi connectivity index (χ3v) is 3.73. The maximum atomic E-state index is 5.28. The van der Waals surface area contributed by atoms with E-state index >= 15 is 0 Å². The molecule has 0 saturated heterocycles. The van der Waals surface area contributed by atoms with Crippen LogP contribution in [0.3, 0.4) is 0 Å². The Morgan fingerprint density at radius 3 is 2.43 bits per heavy atom. The molecular weight excluding hydrogens is 260 g/mol. The highest BCUT2D eigenvalue weighted by Crippen LogP contribution is 2.27. The van der Waals surface area contributed by atoms with Gasteiger partial charge < -0.3 is 15.0 Å². The van der Waals surface area contributed by atoms with Crippen LogP contribution in [0.2, 0.25) is 0 Å². The summed E-state index contributed by atoms with van der Waals surface area (Å²) in [6.07, 6.45) is 0. The normalized spacial score (nSPS) is 12.0. The van der Waals surface area contributed by atoms with E-state index in [0.29, 0.717) is 6.04 Å². The Bertz CT molecular complexity index is 566. The maximum absolute atomic E-state index is 5.28. The van der Waals surface area contributed by atoms with Crippen molar-refractivity contribution in [3.63, 3.8) is 0 Å². The van der Waals surface area contributed by atoms with Gasteiger partial charge in [-0.1, -0.05) is 25.1 Å². The molecule has 3 heteroatoms. The van der Waals surface area contributed by atoms with Crippen LogP contribution >= 0.6 is 0 Å². The summed E-state index contributed by atoms with van der Waals surface area (Å²) < 4.78 is 5.28. The molecule has 1 N–H and O–H groups in total. The van der Waals surface area contributed by atoms with Crippen LogP contribution < -0.4 is 15.0 Å². The number of ether oxygens (including phenoxy) is 1. The van der Waals surface area contributed by atoms with Crippen molar-refractivity contribution in [1.82, 2.24) is 5.32 Å². The Morgan fingerprint density at radius 2 is 1.81 bits per heavy atom. The minimum absolute atomic E-state index is 0.381. The first-order chi connectivity index (χ1) is 10.2. The van der Waals surface area contributed by atoms with Crippen LogP contribution in [0.25, 0.3) is 0 Å². The molecule has 2 aromatic carbocycles. The van der Waals surface area contributed by atoms with Crippen molar-refractivity contribution in [2.45, 2.75) is 19.9 Å². The first-order valence-corrected chi connectivity index (χ1v) is 7.36. The van der Waals surface area contributed by atoms with E-state index in [0.717, 1.165) is 23.7 Å². The van der Waals surface area contributed by atoms with Crippen molar-refractivity contribution >= 4 is 11.4 Å². The predicted molar refractivity (Wildman–Crippen MR) is 89.6 cm³/mol. The topological polar surface area (TPSA) is 24.5 Å². The summed E-state index contributed by atoms with van der Waals surface area (Å²) in [5.74, 6) is 0.872. The number of nitrogens with zero attached hydrogens (tertiary/aromatic N) is 1. The van der Waals surface area contributed by atoms with E-state index in [9.17, 15) is 0 Å². The molecule has 2 aromatic rings. The van der Waals surface area contributed by atoms with Gasteiger partial charge in [0.15, 0.2) is 0 Å². The molecule has 21 heavy (non-hydrogen) atoms. The Labute approximate surface area is 127 Å². The molecule has 0 amide bonds. The molecule has 0 aliphatic heterocycles. The molecule has 0 aliphatic rings. The molecular formula is C18H24N2O. The van der Waals surface area contributed by atoms with Gasteiger partial charge in [0, 0.05) is 30.5 Å². The van der Waals surface area contributed by atoms with Gasteiger partial charge in [-0.3, -0.25) is 0 Å². The SMILES string of the molecule is CCNC(C)c1ccc(N(C)c2cccc(OC)c2)cc1. The van der Waals surface area contributed by atoms with Crippen molar-refractivity contribution in [1.29, 1.82) is 0 Å². The van der Waals surface area contributed by atoms with E-state index in [1.54, 1.807) is 7.11 Å². The fourth-order valence-corrected chi connectivity index (χ4v) is 2.38. The molecule has 112 valence electrons. The summed E-state index contributed by atoms with van der Waals surface area (Å²) in [6, 6.07) is 17.1. The van der Waals surface area contributed by atoms with Crippen LogP contribution in [0.15, 0.2) is 48.5 Å². The second-order valence-corrected chi connectivity index (χ2v) is 5.13. The molecule has 1 unspecified atom stereocenters. The smallest absolute Gasteiger partial charge is 0.120 e. The Balaban J connectivity index is 2.17. The van der Waals surface area contributed by atoms with Gasteiger partial charge in [-0.05, 0) is 43.3 Å². The number of hydrogen-bond donors (Lipinski definition) is 1. The van der Waals surface area contributed by atoms with Gasteiger partial charge in [0.1, 0.15) is 5.75 Å². The standard InChI is InChI=1S/C18H24N2O/c1-5-19-14(2)15-9-11-16(12-10-15)20(3)17-7-6-8-18(13-17)21-4/h6-14,19H,5H2,1-4H3. The van der Waals surface area contributed by atoms with Gasteiger partial charge in [0.25, 0.3) is 0 Å². The molecule has 3 nitrogen and oxygen atoms in total. The van der Waals surface area contributed by atoms with E-state index in [2.05, 4.69) is 61.4 Å². The second kappa shape index (κ2) is 7.14. The summed E-state index contributed by atoms with van der Waals surface area (Å²) >= 11 is 0. The van der Waals surface area contributed by atoms with Crippen molar-refractivity contribution < 1.29 is 4.74 Å². The van der Waals surface area contributed by atoms with Crippen molar-refractivity contribution in [3.05, 3.63) is 54.1 Å². The van der Waals surface area contributed by atoms with E-state index in [1.807, 2.05) is 18.2 Å². The van der Waals surface area contributed by atoms with Crippen LogP contribution in [0, 0.1) is 0 Å². The fraction of sp³-hybridized carbons (Fsp3) is 0.333. The van der Waals surface area contributed by atoms with Crippen molar-refractivity contribution in [3.8, 4) is 5.75 Å². The summed E-state index contributed by atoms with van der Waals surface area (Å²) in [6.45, 7) is 5.29. The average Bonchev–Trinajstić information content (AvgIpc) is 2.54. The Hall–Kier alpha value is -2.00. The first-order valence-electron chi connectivity index (χ1n) is 7.36. The second-order valence-electron chi connectivity index (χ2n) is 5.13. The molecule has 0 aromatic heterocycles. The van der Waals surface area contributed by atoms with Crippen LogP contribution in [0.4, 0.5) is 11.4 Å². The highest BCUT2D eigenvalue weighted by molar-refractivity contribution is 5.64. The first kappa shape index (κ1) is 15.4. The average molecular weight is 284 g/mol. The van der Waals surface area contributed by atoms with Gasteiger partial charge in [-0.2, -0.15) is 0 Å². The predicted octanol–water partition coefficient (Wildman–Crippen LogP) is 4.13. The fourth-order valence-electron chi connectivity index (χ4n) is 2.38. The lowest BCUT2D eigenvalue weighted by molar-refractivity contribution is 0.415. The zero-order valence-corrected chi connectivity index (χ0v) is 13.3. The summed E-state index contributed by atoms with van der Waals surface area (Å²) in [7, 11) is 3.76. The quantitative estimate of drug-likeness (QED) is 0.863. The number of nitrogens with one attached hydrogen (secondary N) is 1. The molecule has 0 fully saturated rings. The Kier molecular flexibility index (Phi) is 5.23. The van der Waals surface area contributed by atoms with Gasteiger partial charge in [0.2, 0.25) is 0 Å². The monoisotopic (exact) mass is 284 g/mol. The highest BCUT2D eigenvalue weighted by atomic mass is 16.5. The summed E-state index contributed by atoms with van der Waals surface area (Å²) in [5, 5.41) is 3.43. The van der Waals surface area contributed by atoms with Crippen molar-refractivity contribution in [2.24, 2.45) is 0 Å². The molecule has 1 atom stereocenters. The van der Waals surface area contributed by atoms with Gasteiger partial charge in [0.05, 0.1) is 7.11 Å². The molecule has 0 bridgehead atoms. The summed E-state index contributed by atoms with van der Waals surface area (Å²) in [5.41, 5.74) is 3.58. The minimum atomic E-state index is 0.381. The highest BCUT2D eigenvalue weighted by Gasteiger charge is 2.07. The number of anilines is 2. The number of benzene rings is 2. The van der Waals surface area contributed by atoms with E-state index in [1.165, 1.54) is 5.56 Å². The lowest BCUT2D eigenvalue weighted by Crippen LogP contribution is -2.17. The molecule has 0 radical (unpaired) electrons. The maximum Gasteiger partial charge on any atom is 0.120 e. The van der Waals surface area contributed by atoms with Crippen molar-refractivity contribution in [2.75, 3.05) is 25.6 Å². The van der Waals surface area contributed by atoms with E-state index in [-0.39, 0.29) is 0 Å². The molecule has 0 saturated carbocycles. The van der Waals surface area contributed by atoms with Gasteiger partial charge in [-0.15, -0.1) is 0 Å². The lowest BCUT2D eigenvalue weighted by Gasteiger charge is -2.21. The zero-order valence-electron chi connectivity index (χ0n) is 13.3. The van der Waals surface area contributed by atoms with Crippen LogP contribution in [-0.4, -0.2) is 20.7 Å². The van der Waals surface area contributed by atoms with Gasteiger partial charge >= 0.3 is 0 Å². The number of rotatable bonds is 6. The molecule has 0 aliphatic carbocycles. The number of hydrogen-bond acceptors (Lipinski definition) is 3. The van der Waals surface area contributed by atoms with E-state index in [4.69, 9.17) is 4.74 Å². The van der Waals surface area contributed by atoms with E-state index < -0.39 is 0 Å². The summed E-state index contributed by atoms with van der Waals surface area (Å²) in [4.78, 5) is 2.16. The zero-order chi connectivity index (χ0) is 15.2. The lowest BCUT2D eigenvalue weighted by atomic mass is 10.1. The Morgan fingerprint density at radius 1 is 1.10 bits per heavy atom.